The SMILES string of the molecule is CC(=O)OC[C@H]1O[C@@H](c2ccc(Cl)c(Cc3cc(C)c(Cl)nn3)c2)[C@H](OC(C)=O)[C@@H](OC(C)=O)[C@@H]1OC(C)=O. The van der Waals surface area contributed by atoms with Crippen molar-refractivity contribution in [3.8, 4) is 0 Å². The number of rotatable bonds is 8. The highest BCUT2D eigenvalue weighted by molar-refractivity contribution is 6.31. The summed E-state index contributed by atoms with van der Waals surface area (Å²) in [6.45, 7) is 6.19. The fourth-order valence-electron chi connectivity index (χ4n) is 4.21. The Balaban J connectivity index is 2.07. The molecule has 39 heavy (non-hydrogen) atoms. The average molecular weight is 583 g/mol. The van der Waals surface area contributed by atoms with Gasteiger partial charge in [-0.25, -0.2) is 0 Å². The van der Waals surface area contributed by atoms with Gasteiger partial charge in [0.15, 0.2) is 23.5 Å². The first-order valence-corrected chi connectivity index (χ1v) is 12.7. The molecule has 1 fully saturated rings. The van der Waals surface area contributed by atoms with Gasteiger partial charge in [0.05, 0.1) is 5.69 Å². The molecule has 1 aromatic heterocycles. The molecule has 0 spiro atoms. The molecule has 3 rings (SSSR count). The maximum absolute atomic E-state index is 12.1. The number of esters is 4. The first-order valence-electron chi connectivity index (χ1n) is 11.9. The summed E-state index contributed by atoms with van der Waals surface area (Å²) in [5, 5.41) is 8.76. The van der Waals surface area contributed by atoms with E-state index in [1.807, 2.05) is 0 Å². The summed E-state index contributed by atoms with van der Waals surface area (Å²) in [6, 6.07) is 6.81. The number of aromatic nitrogens is 2. The van der Waals surface area contributed by atoms with Gasteiger partial charge in [-0.15, -0.1) is 5.10 Å². The molecule has 1 aromatic carbocycles. The zero-order chi connectivity index (χ0) is 28.9. The zero-order valence-corrected chi connectivity index (χ0v) is 23.4. The highest BCUT2D eigenvalue weighted by Gasteiger charge is 2.52. The third kappa shape index (κ3) is 8.11. The summed E-state index contributed by atoms with van der Waals surface area (Å²) in [5.74, 6) is -2.71. The lowest BCUT2D eigenvalue weighted by Gasteiger charge is -2.44. The first kappa shape index (κ1) is 30.3. The van der Waals surface area contributed by atoms with Crippen LogP contribution in [0.3, 0.4) is 0 Å². The van der Waals surface area contributed by atoms with E-state index in [0.717, 1.165) is 19.4 Å². The highest BCUT2D eigenvalue weighted by atomic mass is 35.5. The molecule has 11 nitrogen and oxygen atoms in total. The highest BCUT2D eigenvalue weighted by Crippen LogP contribution is 2.39. The topological polar surface area (TPSA) is 140 Å². The van der Waals surface area contributed by atoms with Crippen molar-refractivity contribution in [3.05, 3.63) is 56.8 Å². The van der Waals surface area contributed by atoms with E-state index in [-0.39, 0.29) is 11.8 Å². The molecule has 13 heteroatoms. The maximum Gasteiger partial charge on any atom is 0.303 e. The molecule has 2 heterocycles. The first-order chi connectivity index (χ1) is 18.3. The number of halogens is 2. The zero-order valence-electron chi connectivity index (χ0n) is 21.9. The molecule has 0 bridgehead atoms. The van der Waals surface area contributed by atoms with Crippen molar-refractivity contribution in [2.24, 2.45) is 0 Å². The standard InChI is InChI=1S/C26H28Cl2N2O9/c1-12-8-19(29-30-26(12)28)10-18-9-17(6-7-20(18)27)22-24(37-15(4)33)25(38-16(5)34)23(36-14(3)32)21(39-22)11-35-13(2)31/h6-9,21-25H,10-11H2,1-5H3/t21-,22+,23-,24+,25+/m1/s1. The molecule has 0 amide bonds. The normalized spacial score (nSPS) is 22.5. The van der Waals surface area contributed by atoms with Crippen LogP contribution in [0.15, 0.2) is 24.3 Å². The van der Waals surface area contributed by atoms with Gasteiger partial charge in [-0.1, -0.05) is 35.3 Å². The number of benzene rings is 1. The molecule has 0 saturated carbocycles. The number of hydrogen-bond acceptors (Lipinski definition) is 11. The quantitative estimate of drug-likeness (QED) is 0.333. The average Bonchev–Trinajstić information content (AvgIpc) is 2.83. The van der Waals surface area contributed by atoms with Crippen molar-refractivity contribution in [2.75, 3.05) is 6.61 Å². The molecule has 1 aliphatic heterocycles. The molecule has 0 N–H and O–H groups in total. The van der Waals surface area contributed by atoms with Crippen molar-refractivity contribution < 1.29 is 42.9 Å². The van der Waals surface area contributed by atoms with E-state index >= 15 is 0 Å². The number of hydrogen-bond donors (Lipinski definition) is 0. The predicted molar refractivity (Wildman–Crippen MR) is 137 cm³/mol. The van der Waals surface area contributed by atoms with Crippen molar-refractivity contribution in [3.63, 3.8) is 0 Å². The van der Waals surface area contributed by atoms with Crippen LogP contribution in [0.2, 0.25) is 10.2 Å². The van der Waals surface area contributed by atoms with E-state index in [4.69, 9.17) is 46.9 Å². The number of aryl methyl sites for hydroxylation is 1. The van der Waals surface area contributed by atoms with Crippen LogP contribution in [0.1, 0.15) is 56.2 Å². The van der Waals surface area contributed by atoms with Crippen LogP contribution in [0.5, 0.6) is 0 Å². The van der Waals surface area contributed by atoms with Crippen molar-refractivity contribution >= 4 is 47.1 Å². The molecule has 1 saturated heterocycles. The Morgan fingerprint density at radius 2 is 1.46 bits per heavy atom. The second kappa shape index (κ2) is 13.2. The molecule has 210 valence electrons. The molecule has 1 aliphatic rings. The lowest BCUT2D eigenvalue weighted by molar-refractivity contribution is -0.254. The Kier molecular flexibility index (Phi) is 10.2. The van der Waals surface area contributed by atoms with E-state index in [1.54, 1.807) is 31.2 Å². The molecule has 0 radical (unpaired) electrons. The summed E-state index contributed by atoms with van der Waals surface area (Å²) >= 11 is 12.5. The largest absolute Gasteiger partial charge is 0.463 e. The second-order valence-corrected chi connectivity index (χ2v) is 9.72. The summed E-state index contributed by atoms with van der Waals surface area (Å²) in [6.07, 6.45) is -5.55. The third-order valence-electron chi connectivity index (χ3n) is 5.74. The number of carbonyl (C=O) groups is 4. The molecule has 0 unspecified atom stereocenters. The van der Waals surface area contributed by atoms with Gasteiger partial charge in [-0.3, -0.25) is 19.2 Å². The van der Waals surface area contributed by atoms with Crippen LogP contribution >= 0.6 is 23.2 Å². The van der Waals surface area contributed by atoms with E-state index in [2.05, 4.69) is 10.2 Å². The van der Waals surface area contributed by atoms with Gasteiger partial charge in [0.25, 0.3) is 0 Å². The van der Waals surface area contributed by atoms with Gasteiger partial charge in [0, 0.05) is 39.1 Å². The van der Waals surface area contributed by atoms with Crippen LogP contribution < -0.4 is 0 Å². The predicted octanol–water partition coefficient (Wildman–Crippen LogP) is 3.48. The summed E-state index contributed by atoms with van der Waals surface area (Å²) in [4.78, 5) is 47.7. The van der Waals surface area contributed by atoms with Crippen LogP contribution in [-0.4, -0.2) is 65.1 Å². The van der Waals surface area contributed by atoms with Gasteiger partial charge in [0.2, 0.25) is 0 Å². The molecule has 5 atom stereocenters. The van der Waals surface area contributed by atoms with Gasteiger partial charge < -0.3 is 23.7 Å². The van der Waals surface area contributed by atoms with Crippen LogP contribution in [0.25, 0.3) is 0 Å². The Bertz CT molecular complexity index is 1260. The minimum absolute atomic E-state index is 0.288. The van der Waals surface area contributed by atoms with Gasteiger partial charge in [-0.2, -0.15) is 5.10 Å². The van der Waals surface area contributed by atoms with E-state index in [9.17, 15) is 19.2 Å². The lowest BCUT2D eigenvalue weighted by atomic mass is 9.89. The van der Waals surface area contributed by atoms with Crippen molar-refractivity contribution in [2.45, 2.75) is 71.6 Å². The van der Waals surface area contributed by atoms with Gasteiger partial charge in [0.1, 0.15) is 18.8 Å². The maximum atomic E-state index is 12.1. The van der Waals surface area contributed by atoms with Gasteiger partial charge >= 0.3 is 23.9 Å². The minimum Gasteiger partial charge on any atom is -0.463 e. The van der Waals surface area contributed by atoms with Crippen molar-refractivity contribution in [1.82, 2.24) is 10.2 Å². The van der Waals surface area contributed by atoms with E-state index in [0.29, 0.717) is 28.3 Å². The van der Waals surface area contributed by atoms with Gasteiger partial charge in [-0.05, 0) is 35.7 Å². The Morgan fingerprint density at radius 3 is 2.05 bits per heavy atom. The molecule has 2 aromatic rings. The Labute approximate surface area is 235 Å². The Hall–Kier alpha value is -3.28. The fourth-order valence-corrected chi connectivity index (χ4v) is 4.49. The van der Waals surface area contributed by atoms with Crippen molar-refractivity contribution in [1.29, 1.82) is 0 Å². The number of ether oxygens (including phenoxy) is 5. The number of carbonyl (C=O) groups excluding carboxylic acids is 4. The Morgan fingerprint density at radius 1 is 0.846 bits per heavy atom. The third-order valence-corrected chi connectivity index (χ3v) is 6.48. The molecule has 0 aliphatic carbocycles. The molecular formula is C26H28Cl2N2O9. The fraction of sp³-hybridized carbons (Fsp3) is 0.462. The van der Waals surface area contributed by atoms with E-state index < -0.39 is 54.4 Å². The second-order valence-electron chi connectivity index (χ2n) is 8.96. The summed E-state index contributed by atoms with van der Waals surface area (Å²) in [7, 11) is 0. The minimum atomic E-state index is -1.28. The van der Waals surface area contributed by atoms with E-state index in [1.165, 1.54) is 13.8 Å². The van der Waals surface area contributed by atoms with Crippen LogP contribution in [0, 0.1) is 6.92 Å². The monoisotopic (exact) mass is 582 g/mol. The van der Waals surface area contributed by atoms with Crippen LogP contribution in [0.4, 0.5) is 0 Å². The van der Waals surface area contributed by atoms with Crippen LogP contribution in [-0.2, 0) is 49.3 Å². The lowest BCUT2D eigenvalue weighted by Crippen LogP contribution is -2.59. The molecular weight excluding hydrogens is 555 g/mol. The number of nitrogens with zero attached hydrogens (tertiary/aromatic N) is 2. The summed E-state index contributed by atoms with van der Waals surface area (Å²) < 4.78 is 27.9. The summed E-state index contributed by atoms with van der Waals surface area (Å²) in [5.41, 5.74) is 2.51. The smallest absolute Gasteiger partial charge is 0.303 e.